The number of aryl methyl sites for hydroxylation is 1. The third kappa shape index (κ3) is 5.46. The number of fused-ring (bicyclic) bond motifs is 7. The zero-order chi connectivity index (χ0) is 26.9. The number of unbranched alkanes of at least 4 members (excludes halogenated alkanes) is 9. The fourth-order valence-electron chi connectivity index (χ4n) is 6.04. The van der Waals surface area contributed by atoms with E-state index in [-0.39, 0.29) is 0 Å². The smallest absolute Gasteiger partial charge is 0.0584 e. The summed E-state index contributed by atoms with van der Waals surface area (Å²) in [5, 5.41) is 5.72. The van der Waals surface area contributed by atoms with Gasteiger partial charge in [-0.3, -0.25) is 0 Å². The van der Waals surface area contributed by atoms with Crippen LogP contribution in [-0.4, -0.2) is 14.5 Å². The second kappa shape index (κ2) is 12.1. The van der Waals surface area contributed by atoms with Gasteiger partial charge in [0, 0.05) is 0 Å². The zero-order valence-corrected chi connectivity index (χ0v) is 27.4. The van der Waals surface area contributed by atoms with Crippen molar-refractivity contribution in [1.29, 1.82) is 0 Å². The number of hydrogen-bond donors (Lipinski definition) is 0. The predicted molar refractivity (Wildman–Crippen MR) is 186 cm³/mol. The van der Waals surface area contributed by atoms with Crippen LogP contribution in [0.4, 0.5) is 0 Å². The molecule has 0 fully saturated rings. The van der Waals surface area contributed by atoms with Crippen molar-refractivity contribution in [3.05, 3.63) is 71.2 Å². The molecule has 0 unspecified atom stereocenters. The summed E-state index contributed by atoms with van der Waals surface area (Å²) in [6.45, 7) is 2.30. The molecule has 0 aliphatic rings. The minimum absolute atomic E-state index is 0.499. The first-order valence-electron chi connectivity index (χ1n) is 15.1. The van der Waals surface area contributed by atoms with E-state index in [1.54, 1.807) is 0 Å². The molecule has 0 N–H and O–H groups in total. The minimum atomic E-state index is 0.499. The molecule has 0 atom stereocenters. The third-order valence-electron chi connectivity index (χ3n) is 8.35. The van der Waals surface area contributed by atoms with E-state index in [1.165, 1.54) is 136 Å². The summed E-state index contributed by atoms with van der Waals surface area (Å²) in [6, 6.07) is 23.9. The van der Waals surface area contributed by atoms with Crippen LogP contribution in [0, 0.1) is 0 Å². The molecule has 0 saturated carbocycles. The number of thiophene rings is 3. The maximum absolute atomic E-state index is 2.47. The van der Waals surface area contributed by atoms with Gasteiger partial charge >= 0.3 is 162 Å². The standard InChI is InChI=1S/C36H36S3Se/c1-2-3-4-5-6-7-8-9-10-11-12-24-13-15-25(16-14-24)30-20-27-21-33-28(22-31(27)37-30)35-36(39-33)29-23-34-26(17-18-40-34)19-32(29)38-35/h13-23H,2-12H2,1H3. The van der Waals surface area contributed by atoms with E-state index in [1.807, 2.05) is 34.0 Å². The monoisotopic (exact) mass is 644 g/mol. The summed E-state index contributed by atoms with van der Waals surface area (Å²) in [5.74, 6) is 0. The van der Waals surface area contributed by atoms with Crippen LogP contribution >= 0.6 is 34.0 Å². The second-order valence-electron chi connectivity index (χ2n) is 11.3. The summed E-state index contributed by atoms with van der Waals surface area (Å²) in [6.07, 6.45) is 15.2. The summed E-state index contributed by atoms with van der Waals surface area (Å²) < 4.78 is 8.77. The Morgan fingerprint density at radius 1 is 0.575 bits per heavy atom. The fourth-order valence-corrected chi connectivity index (χ4v) is 11.5. The van der Waals surface area contributed by atoms with Crippen molar-refractivity contribution in [1.82, 2.24) is 0 Å². The van der Waals surface area contributed by atoms with Crippen molar-refractivity contribution in [2.24, 2.45) is 0 Å². The molecule has 3 aromatic carbocycles. The first-order valence-corrected chi connectivity index (χ1v) is 19.4. The average Bonchev–Trinajstić information content (AvgIpc) is 3.74. The van der Waals surface area contributed by atoms with Crippen molar-refractivity contribution in [3.63, 3.8) is 0 Å². The van der Waals surface area contributed by atoms with E-state index in [0.29, 0.717) is 14.5 Å². The van der Waals surface area contributed by atoms with Crippen molar-refractivity contribution < 1.29 is 0 Å². The molecule has 0 amide bonds. The summed E-state index contributed by atoms with van der Waals surface area (Å²) in [7, 11) is 0. The second-order valence-corrected chi connectivity index (χ2v) is 16.5. The first kappa shape index (κ1) is 26.9. The Bertz CT molecular complexity index is 1890. The molecule has 0 saturated heterocycles. The topological polar surface area (TPSA) is 0 Å². The third-order valence-corrected chi connectivity index (χ3v) is 13.8. The van der Waals surface area contributed by atoms with E-state index in [2.05, 4.69) is 72.5 Å². The number of rotatable bonds is 12. The molecule has 4 aromatic heterocycles. The molecule has 7 aromatic rings. The Hall–Kier alpha value is -1.94. The van der Waals surface area contributed by atoms with Gasteiger partial charge in [0.05, 0.1) is 0 Å². The van der Waals surface area contributed by atoms with E-state index >= 15 is 0 Å². The van der Waals surface area contributed by atoms with E-state index in [4.69, 9.17) is 0 Å². The molecule has 0 bridgehead atoms. The van der Waals surface area contributed by atoms with Gasteiger partial charge < -0.3 is 0 Å². The minimum Gasteiger partial charge on any atom is -0.0584 e. The maximum atomic E-state index is 2.47. The molecule has 0 radical (unpaired) electrons. The molecular formula is C36H36S3Se. The van der Waals surface area contributed by atoms with Gasteiger partial charge in [0.15, 0.2) is 0 Å². The summed E-state index contributed by atoms with van der Waals surface area (Å²) >= 11 is 6.41. The molecule has 0 nitrogen and oxygen atoms in total. The van der Waals surface area contributed by atoms with Gasteiger partial charge in [-0.05, 0) is 18.4 Å². The number of hydrogen-bond acceptors (Lipinski definition) is 3. The van der Waals surface area contributed by atoms with E-state index in [9.17, 15) is 0 Å². The quantitative estimate of drug-likeness (QED) is 0.0918. The molecule has 204 valence electrons. The van der Waals surface area contributed by atoms with Gasteiger partial charge in [0.2, 0.25) is 0 Å². The normalized spacial score (nSPS) is 12.2. The molecule has 0 spiro atoms. The van der Waals surface area contributed by atoms with Gasteiger partial charge in [0.1, 0.15) is 0 Å². The van der Waals surface area contributed by atoms with E-state index < -0.39 is 0 Å². The van der Waals surface area contributed by atoms with Crippen molar-refractivity contribution in [2.75, 3.05) is 0 Å². The van der Waals surface area contributed by atoms with Crippen LogP contribution in [0.1, 0.15) is 76.7 Å². The van der Waals surface area contributed by atoms with Gasteiger partial charge in [0.25, 0.3) is 0 Å². The molecule has 0 aliphatic heterocycles. The van der Waals surface area contributed by atoms with Gasteiger partial charge in [-0.15, -0.1) is 0 Å². The van der Waals surface area contributed by atoms with Crippen molar-refractivity contribution in [2.45, 2.75) is 77.6 Å². The molecule has 4 heteroatoms. The Balaban J connectivity index is 1.02. The van der Waals surface area contributed by atoms with Crippen molar-refractivity contribution in [3.8, 4) is 10.4 Å². The Kier molecular flexibility index (Phi) is 8.16. The van der Waals surface area contributed by atoms with Crippen LogP contribution in [0.25, 0.3) is 59.7 Å². The Morgan fingerprint density at radius 2 is 1.23 bits per heavy atom. The SMILES string of the molecule is CCCCCCCCCCCCc1ccc(-c2cc3cc4sc5c6cc7[se]ccc7cc6sc5c4cc3s2)cc1. The zero-order valence-electron chi connectivity index (χ0n) is 23.3. The fraction of sp³-hybridized carbons (Fsp3) is 0.333. The summed E-state index contributed by atoms with van der Waals surface area (Å²) in [5.41, 5.74) is 2.84. The number of benzene rings is 3. The van der Waals surface area contributed by atoms with E-state index in [0.717, 1.165) is 0 Å². The first-order chi connectivity index (χ1) is 19.8. The van der Waals surface area contributed by atoms with Crippen LogP contribution in [0.5, 0.6) is 0 Å². The molecule has 0 aliphatic carbocycles. The van der Waals surface area contributed by atoms with Crippen LogP contribution < -0.4 is 0 Å². The van der Waals surface area contributed by atoms with Crippen LogP contribution in [0.2, 0.25) is 0 Å². The van der Waals surface area contributed by atoms with Crippen LogP contribution in [0.15, 0.2) is 65.6 Å². The van der Waals surface area contributed by atoms with Crippen molar-refractivity contribution >= 4 is 97.8 Å². The molecular weight excluding hydrogens is 608 g/mol. The van der Waals surface area contributed by atoms with Gasteiger partial charge in [-0.1, -0.05) is 76.8 Å². The molecule has 7 rings (SSSR count). The predicted octanol–water partition coefficient (Wildman–Crippen LogP) is 12.8. The van der Waals surface area contributed by atoms with Gasteiger partial charge in [-0.2, -0.15) is 0 Å². The Morgan fingerprint density at radius 3 is 1.95 bits per heavy atom. The van der Waals surface area contributed by atoms with Crippen LogP contribution in [-0.2, 0) is 6.42 Å². The average molecular weight is 644 g/mol. The molecule has 4 heterocycles. The Labute approximate surface area is 255 Å². The summed E-state index contributed by atoms with van der Waals surface area (Å²) in [4.78, 5) is 3.73. The molecule has 40 heavy (non-hydrogen) atoms. The van der Waals surface area contributed by atoms with Crippen LogP contribution in [0.3, 0.4) is 0 Å². The van der Waals surface area contributed by atoms with Gasteiger partial charge in [-0.25, -0.2) is 0 Å².